The quantitative estimate of drug-likeness (QED) is 0.119. The van der Waals surface area contributed by atoms with Crippen molar-refractivity contribution >= 4 is 48.8 Å². The molecule has 6 aromatic rings. The maximum atomic E-state index is 6.94. The Hall–Kier alpha value is -6.18. The van der Waals surface area contributed by atoms with Gasteiger partial charge < -0.3 is 10.6 Å². The first kappa shape index (κ1) is 42.2. The molecule has 268 valence electrons. The van der Waals surface area contributed by atoms with Gasteiger partial charge in [-0.2, -0.15) is 0 Å². The highest BCUT2D eigenvalue weighted by Gasteiger charge is 2.08. The lowest BCUT2D eigenvalue weighted by molar-refractivity contribution is 0.621. The summed E-state index contributed by atoms with van der Waals surface area (Å²) in [4.78, 5) is 8.48. The first-order valence-corrected chi connectivity index (χ1v) is 18.1. The van der Waals surface area contributed by atoms with E-state index >= 15 is 0 Å². The Labute approximate surface area is 330 Å². The summed E-state index contributed by atoms with van der Waals surface area (Å²) in [5, 5.41) is 12.2. The minimum atomic E-state index is 0. The number of allylic oxidation sites excluding steroid dienone is 1. The average Bonchev–Trinajstić information content (AvgIpc) is 3.22. The van der Waals surface area contributed by atoms with Crippen LogP contribution in [0.15, 0.2) is 157 Å². The lowest BCUT2D eigenvalue weighted by atomic mass is 10.00. The van der Waals surface area contributed by atoms with E-state index in [2.05, 4.69) is 159 Å². The Morgan fingerprint density at radius 2 is 1.07 bits per heavy atom. The van der Waals surface area contributed by atoms with Crippen LogP contribution in [0.5, 0.6) is 0 Å². The van der Waals surface area contributed by atoms with Gasteiger partial charge in [0.15, 0.2) is 11.4 Å². The molecule has 0 aliphatic rings. The molecule has 0 bridgehead atoms. The van der Waals surface area contributed by atoms with E-state index in [-0.39, 0.29) is 13.5 Å². The first-order chi connectivity index (χ1) is 26.0. The normalized spacial score (nSPS) is 11.3. The van der Waals surface area contributed by atoms with E-state index < -0.39 is 0 Å². The summed E-state index contributed by atoms with van der Waals surface area (Å²) in [6.45, 7) is 19.6. The van der Waals surface area contributed by atoms with Crippen molar-refractivity contribution in [3.8, 4) is 24.2 Å². The molecule has 0 spiro atoms. The van der Waals surface area contributed by atoms with Gasteiger partial charge in [-0.1, -0.05) is 187 Å². The fourth-order valence-electron chi connectivity index (χ4n) is 5.50. The van der Waals surface area contributed by atoms with Gasteiger partial charge in [0.05, 0.1) is 13.1 Å². The van der Waals surface area contributed by atoms with E-state index in [1.807, 2.05) is 29.3 Å². The van der Waals surface area contributed by atoms with Crippen LogP contribution >= 0.6 is 15.9 Å². The number of fused-ring (bicyclic) bond motifs is 2. The highest BCUT2D eigenvalue weighted by molar-refractivity contribution is 9.11. The molecule has 0 fully saturated rings. The van der Waals surface area contributed by atoms with Crippen molar-refractivity contribution in [3.63, 3.8) is 0 Å². The van der Waals surface area contributed by atoms with Gasteiger partial charge in [-0.15, -0.1) is 6.42 Å². The van der Waals surface area contributed by atoms with Gasteiger partial charge in [0.2, 0.25) is 0 Å². The van der Waals surface area contributed by atoms with E-state index in [4.69, 9.17) is 19.6 Å². The molecule has 0 saturated heterocycles. The Bertz CT molecular complexity index is 2280. The smallest absolute Gasteiger partial charge is 0.187 e. The van der Waals surface area contributed by atoms with Crippen LogP contribution in [0.1, 0.15) is 55.6 Å². The molecule has 6 aromatic carbocycles. The zero-order chi connectivity index (χ0) is 37.7. The van der Waals surface area contributed by atoms with Gasteiger partial charge in [0.25, 0.3) is 0 Å². The third kappa shape index (κ3) is 13.1. The Morgan fingerprint density at radius 1 is 0.630 bits per heavy atom. The van der Waals surface area contributed by atoms with Crippen LogP contribution in [-0.4, -0.2) is 13.1 Å². The van der Waals surface area contributed by atoms with Crippen LogP contribution < -0.4 is 10.6 Å². The maximum absolute atomic E-state index is 6.94. The number of rotatable bonds is 8. The number of terminal acetylenes is 1. The van der Waals surface area contributed by atoms with Gasteiger partial charge >= 0.3 is 0 Å². The van der Waals surface area contributed by atoms with Gasteiger partial charge in [-0.05, 0) is 57.6 Å². The minimum Gasteiger partial charge on any atom is -0.307 e. The molecule has 0 unspecified atom stereocenters. The van der Waals surface area contributed by atoms with Crippen LogP contribution in [0.25, 0.3) is 31.2 Å². The molecule has 0 aliphatic heterocycles. The Balaban J connectivity index is 0.000000240. The largest absolute Gasteiger partial charge is 0.307 e. The van der Waals surface area contributed by atoms with E-state index in [9.17, 15) is 0 Å². The first-order valence-electron chi connectivity index (χ1n) is 17.2. The molecular formula is C49H45BrN4. The van der Waals surface area contributed by atoms with E-state index in [1.54, 1.807) is 36.4 Å². The third-order valence-corrected chi connectivity index (χ3v) is 8.70. The van der Waals surface area contributed by atoms with Crippen LogP contribution in [0.2, 0.25) is 0 Å². The second-order valence-corrected chi connectivity index (χ2v) is 12.4. The summed E-state index contributed by atoms with van der Waals surface area (Å²) in [6.07, 6.45) is 11.1. The molecule has 0 heterocycles. The molecule has 2 N–H and O–H groups in total. The summed E-state index contributed by atoms with van der Waals surface area (Å²) in [5.41, 5.74) is 5.65. The fourth-order valence-corrected chi connectivity index (χ4v) is 5.69. The van der Waals surface area contributed by atoms with Gasteiger partial charge in [-0.3, -0.25) is 0 Å². The summed E-state index contributed by atoms with van der Waals surface area (Å²) >= 11 is 3.27. The summed E-state index contributed by atoms with van der Waals surface area (Å²) in [5.74, 6) is 8.58. The van der Waals surface area contributed by atoms with Crippen molar-refractivity contribution in [2.75, 3.05) is 13.1 Å². The molecular weight excluding hydrogens is 724 g/mol. The van der Waals surface area contributed by atoms with Gasteiger partial charge in [0, 0.05) is 36.3 Å². The maximum Gasteiger partial charge on any atom is 0.187 e. The number of nitrogens with zero attached hydrogens (tertiary/aromatic N) is 2. The second kappa shape index (κ2) is 23.4. The number of hydrogen-bond acceptors (Lipinski definition) is 2. The van der Waals surface area contributed by atoms with E-state index in [1.165, 1.54) is 32.7 Å². The van der Waals surface area contributed by atoms with Crippen molar-refractivity contribution < 1.29 is 0 Å². The van der Waals surface area contributed by atoms with Crippen LogP contribution in [0.4, 0.5) is 11.4 Å². The summed E-state index contributed by atoms with van der Waals surface area (Å²) in [6, 6.07) is 44.7. The molecule has 5 heteroatoms. The van der Waals surface area contributed by atoms with E-state index in [0.717, 1.165) is 24.2 Å². The minimum absolute atomic E-state index is 0. The summed E-state index contributed by atoms with van der Waals surface area (Å²) < 4.78 is 0. The number of nitrogens with one attached hydrogen (secondary N) is 2. The van der Waals surface area contributed by atoms with Crippen molar-refractivity contribution in [2.45, 2.75) is 33.4 Å². The van der Waals surface area contributed by atoms with Crippen LogP contribution in [-0.2, 0) is 0 Å². The van der Waals surface area contributed by atoms with Crippen molar-refractivity contribution in [1.82, 2.24) is 10.6 Å². The molecule has 6 rings (SSSR count). The molecule has 0 aliphatic carbocycles. The molecule has 0 radical (unpaired) electrons. The SMILES string of the molecule is C.C[C@@H](NC/C=C/Br)c1cccc2ccccc12.[C-]#[N+]c1ccc(C#C)cc1.[C-]#[N+]c1ccc(C#C/C=C/CN[C@H](C)c2cccc3ccccc23)cc1. The number of halogens is 1. The lowest BCUT2D eigenvalue weighted by Gasteiger charge is -2.15. The molecule has 0 saturated carbocycles. The zero-order valence-electron chi connectivity index (χ0n) is 29.9. The standard InChI is InChI=1S/C24H20N2.C15H16BrN.C9H5N.CH4/c1-19(23-13-8-11-21-10-5-6-12-24(21)23)26-18-7-3-4-9-20-14-16-22(25-2)17-15-20;1-12(17-11-5-10-16)14-9-4-7-13-6-2-3-8-15(13)14;1-3-8-4-6-9(10-2)7-5-8;/h3,5-8,10-17,19,26H,18H2,1H3;2-10,12,17H,11H2,1H3;1,4-7H;1H4/b7-3+;10-5+;;/t19-;12-;;/m11../s1. The highest BCUT2D eigenvalue weighted by atomic mass is 79.9. The van der Waals surface area contributed by atoms with Gasteiger partial charge in [-0.25, -0.2) is 9.69 Å². The lowest BCUT2D eigenvalue weighted by Crippen LogP contribution is -2.18. The van der Waals surface area contributed by atoms with Crippen molar-refractivity contribution in [2.24, 2.45) is 0 Å². The van der Waals surface area contributed by atoms with Crippen LogP contribution in [0.3, 0.4) is 0 Å². The number of benzene rings is 6. The number of hydrogen-bond donors (Lipinski definition) is 2. The molecule has 2 atom stereocenters. The molecule has 54 heavy (non-hydrogen) atoms. The third-order valence-electron chi connectivity index (χ3n) is 8.33. The van der Waals surface area contributed by atoms with Crippen molar-refractivity contribution in [1.29, 1.82) is 0 Å². The topological polar surface area (TPSA) is 32.8 Å². The Kier molecular flexibility index (Phi) is 18.3. The highest BCUT2D eigenvalue weighted by Crippen LogP contribution is 2.25. The average molecular weight is 770 g/mol. The molecule has 0 aromatic heterocycles. The second-order valence-electron chi connectivity index (χ2n) is 11.9. The van der Waals surface area contributed by atoms with Crippen LogP contribution in [0, 0.1) is 37.3 Å². The predicted octanol–water partition coefficient (Wildman–Crippen LogP) is 12.9. The monoisotopic (exact) mass is 768 g/mol. The summed E-state index contributed by atoms with van der Waals surface area (Å²) in [7, 11) is 0. The van der Waals surface area contributed by atoms with Gasteiger partial charge in [0.1, 0.15) is 0 Å². The fraction of sp³-hybridized carbons (Fsp3) is 0.143. The van der Waals surface area contributed by atoms with Crippen molar-refractivity contribution in [3.05, 3.63) is 202 Å². The predicted molar refractivity (Wildman–Crippen MR) is 235 cm³/mol. The zero-order valence-corrected chi connectivity index (χ0v) is 31.5. The molecule has 4 nitrogen and oxygen atoms in total. The Morgan fingerprint density at radius 3 is 1.54 bits per heavy atom. The van der Waals surface area contributed by atoms with E-state index in [0.29, 0.717) is 17.4 Å². The molecule has 0 amide bonds.